The van der Waals surface area contributed by atoms with Gasteiger partial charge in [0.05, 0.1) is 0 Å². The van der Waals surface area contributed by atoms with E-state index in [4.69, 9.17) is 4.42 Å². The maximum Gasteiger partial charge on any atom is 0.253 e. The number of carbonyl (C=O) groups is 2. The molecule has 2 aromatic rings. The summed E-state index contributed by atoms with van der Waals surface area (Å²) in [5.41, 5.74) is 2.64. The summed E-state index contributed by atoms with van der Waals surface area (Å²) in [5.74, 6) is 1.02. The second kappa shape index (κ2) is 6.75. The van der Waals surface area contributed by atoms with Gasteiger partial charge in [-0.1, -0.05) is 0 Å². The zero-order chi connectivity index (χ0) is 17.2. The van der Waals surface area contributed by atoms with Gasteiger partial charge in [0.15, 0.2) is 12.0 Å². The molecule has 1 aromatic carbocycles. The maximum absolute atomic E-state index is 12.7. The summed E-state index contributed by atoms with van der Waals surface area (Å²) in [7, 11) is 0. The molecule has 0 spiro atoms. The minimum Gasteiger partial charge on any atom is -0.453 e. The highest BCUT2D eigenvalue weighted by molar-refractivity contribution is 5.97. The highest BCUT2D eigenvalue weighted by Gasteiger charge is 2.23. The monoisotopic (exact) mass is 338 g/mol. The summed E-state index contributed by atoms with van der Waals surface area (Å²) in [6, 6.07) is 9.34. The predicted molar refractivity (Wildman–Crippen MR) is 96.1 cm³/mol. The van der Waals surface area contributed by atoms with Crippen LogP contribution in [0.25, 0.3) is 11.3 Å². The summed E-state index contributed by atoms with van der Waals surface area (Å²) in [6.45, 7) is 3.68. The van der Waals surface area contributed by atoms with Crippen molar-refractivity contribution in [3.8, 4) is 11.3 Å². The Morgan fingerprint density at radius 2 is 1.68 bits per heavy atom. The number of benzene rings is 1. The van der Waals surface area contributed by atoms with E-state index in [2.05, 4.69) is 4.90 Å². The molecule has 0 atom stereocenters. The van der Waals surface area contributed by atoms with Crippen LogP contribution in [0.1, 0.15) is 46.6 Å². The number of rotatable bonds is 4. The Kier molecular flexibility index (Phi) is 4.30. The quantitative estimate of drug-likeness (QED) is 0.800. The van der Waals surface area contributed by atoms with E-state index in [1.54, 1.807) is 6.07 Å². The van der Waals surface area contributed by atoms with Crippen LogP contribution < -0.4 is 4.90 Å². The average Bonchev–Trinajstić information content (AvgIpc) is 3.43. The molecular weight excluding hydrogens is 316 g/mol. The lowest BCUT2D eigenvalue weighted by Crippen LogP contribution is -2.27. The summed E-state index contributed by atoms with van der Waals surface area (Å²) in [6.07, 6.45) is 5.20. The summed E-state index contributed by atoms with van der Waals surface area (Å²) < 4.78 is 5.66. The van der Waals surface area contributed by atoms with Crippen LogP contribution in [0.4, 0.5) is 5.69 Å². The molecule has 0 N–H and O–H groups in total. The smallest absolute Gasteiger partial charge is 0.253 e. The number of furan rings is 1. The minimum atomic E-state index is 0.0777. The van der Waals surface area contributed by atoms with Gasteiger partial charge in [0.25, 0.3) is 5.91 Å². The normalized spacial score (nSPS) is 17.3. The number of likely N-dealkylation sites (tertiary alicyclic amines) is 1. The lowest BCUT2D eigenvalue weighted by molar-refractivity contribution is 0.0792. The molecule has 2 fully saturated rings. The molecule has 2 aliphatic heterocycles. The lowest BCUT2D eigenvalue weighted by atomic mass is 10.0. The first-order valence-corrected chi connectivity index (χ1v) is 9.00. The van der Waals surface area contributed by atoms with Crippen LogP contribution in [-0.2, 0) is 0 Å². The molecule has 4 rings (SSSR count). The Labute approximate surface area is 147 Å². The number of hydrogen-bond acceptors (Lipinski definition) is 4. The fraction of sp³-hybridized carbons (Fsp3) is 0.400. The van der Waals surface area contributed by atoms with Crippen LogP contribution in [0.5, 0.6) is 0 Å². The number of hydrogen-bond donors (Lipinski definition) is 0. The molecule has 25 heavy (non-hydrogen) atoms. The third-order valence-corrected chi connectivity index (χ3v) is 5.09. The average molecular weight is 338 g/mol. The molecular formula is C20H22N2O3. The van der Waals surface area contributed by atoms with E-state index < -0.39 is 0 Å². The number of nitrogens with zero attached hydrogens (tertiary/aromatic N) is 2. The van der Waals surface area contributed by atoms with Crippen LogP contribution >= 0.6 is 0 Å². The lowest BCUT2D eigenvalue weighted by Gasteiger charge is -2.22. The number of amides is 1. The van der Waals surface area contributed by atoms with Gasteiger partial charge < -0.3 is 14.2 Å². The molecule has 0 saturated carbocycles. The first-order valence-electron chi connectivity index (χ1n) is 9.00. The van der Waals surface area contributed by atoms with Crippen molar-refractivity contribution in [2.75, 3.05) is 31.1 Å². The third kappa shape index (κ3) is 3.06. The van der Waals surface area contributed by atoms with Crippen LogP contribution in [0.3, 0.4) is 0 Å². The second-order valence-corrected chi connectivity index (χ2v) is 6.75. The second-order valence-electron chi connectivity index (χ2n) is 6.75. The zero-order valence-corrected chi connectivity index (χ0v) is 14.2. The number of aldehydes is 1. The fourth-order valence-corrected chi connectivity index (χ4v) is 3.76. The molecule has 2 aliphatic rings. The number of carbonyl (C=O) groups excluding carboxylic acids is 2. The molecule has 0 aliphatic carbocycles. The topological polar surface area (TPSA) is 53.8 Å². The Balaban J connectivity index is 1.74. The van der Waals surface area contributed by atoms with Gasteiger partial charge in [-0.25, -0.2) is 0 Å². The van der Waals surface area contributed by atoms with Gasteiger partial charge in [-0.2, -0.15) is 0 Å². The Hall–Kier alpha value is -2.56. The van der Waals surface area contributed by atoms with Crippen LogP contribution in [0, 0.1) is 0 Å². The Morgan fingerprint density at radius 3 is 2.36 bits per heavy atom. The standard InChI is InChI=1S/C20H22N2O3/c23-14-16-6-8-19(25-16)17-13-15(20(24)22-11-3-4-12-22)5-7-18(17)21-9-1-2-10-21/h5-8,13-14H,1-4,9-12H2. The third-order valence-electron chi connectivity index (χ3n) is 5.09. The van der Waals surface area contributed by atoms with Gasteiger partial charge in [0, 0.05) is 43.0 Å². The van der Waals surface area contributed by atoms with Crippen molar-refractivity contribution in [3.63, 3.8) is 0 Å². The highest BCUT2D eigenvalue weighted by Crippen LogP contribution is 2.35. The zero-order valence-electron chi connectivity index (χ0n) is 14.2. The SMILES string of the molecule is O=Cc1ccc(-c2cc(C(=O)N3CCCC3)ccc2N2CCCC2)o1. The molecule has 0 bridgehead atoms. The van der Waals surface area contributed by atoms with E-state index in [0.29, 0.717) is 23.4 Å². The molecule has 1 amide bonds. The Morgan fingerprint density at radius 1 is 0.960 bits per heavy atom. The van der Waals surface area contributed by atoms with E-state index in [1.165, 1.54) is 12.8 Å². The van der Waals surface area contributed by atoms with Crippen molar-refractivity contribution >= 4 is 17.9 Å². The van der Waals surface area contributed by atoms with Gasteiger partial charge in [0.2, 0.25) is 0 Å². The molecule has 130 valence electrons. The summed E-state index contributed by atoms with van der Waals surface area (Å²) in [4.78, 5) is 28.0. The van der Waals surface area contributed by atoms with Gasteiger partial charge in [-0.15, -0.1) is 0 Å². The van der Waals surface area contributed by atoms with E-state index >= 15 is 0 Å². The summed E-state index contributed by atoms with van der Waals surface area (Å²) >= 11 is 0. The molecule has 0 unspecified atom stereocenters. The van der Waals surface area contributed by atoms with Crippen molar-refractivity contribution < 1.29 is 14.0 Å². The van der Waals surface area contributed by atoms with Gasteiger partial charge in [-0.05, 0) is 56.0 Å². The van der Waals surface area contributed by atoms with Crippen molar-refractivity contribution in [2.24, 2.45) is 0 Å². The Bertz CT molecular complexity index is 784. The molecule has 2 saturated heterocycles. The van der Waals surface area contributed by atoms with Crippen LogP contribution in [0.15, 0.2) is 34.7 Å². The van der Waals surface area contributed by atoms with Gasteiger partial charge >= 0.3 is 0 Å². The molecule has 5 nitrogen and oxygen atoms in total. The van der Waals surface area contributed by atoms with Crippen molar-refractivity contribution in [3.05, 3.63) is 41.7 Å². The largest absolute Gasteiger partial charge is 0.453 e. The first-order chi connectivity index (χ1) is 12.3. The van der Waals surface area contributed by atoms with Crippen molar-refractivity contribution in [2.45, 2.75) is 25.7 Å². The van der Waals surface area contributed by atoms with E-state index in [0.717, 1.165) is 50.3 Å². The maximum atomic E-state index is 12.7. The van der Waals surface area contributed by atoms with Gasteiger partial charge in [0.1, 0.15) is 5.76 Å². The highest BCUT2D eigenvalue weighted by atomic mass is 16.3. The predicted octanol–water partition coefficient (Wildman–Crippen LogP) is 3.60. The van der Waals surface area contributed by atoms with Crippen LogP contribution in [0.2, 0.25) is 0 Å². The molecule has 3 heterocycles. The van der Waals surface area contributed by atoms with E-state index in [-0.39, 0.29) is 5.91 Å². The molecule has 0 radical (unpaired) electrons. The fourth-order valence-electron chi connectivity index (χ4n) is 3.76. The molecule has 5 heteroatoms. The van der Waals surface area contributed by atoms with E-state index in [9.17, 15) is 9.59 Å². The van der Waals surface area contributed by atoms with Crippen molar-refractivity contribution in [1.82, 2.24) is 4.90 Å². The summed E-state index contributed by atoms with van der Waals surface area (Å²) in [5, 5.41) is 0. The minimum absolute atomic E-state index is 0.0777. The van der Waals surface area contributed by atoms with Crippen LogP contribution in [-0.4, -0.2) is 43.3 Å². The van der Waals surface area contributed by atoms with Gasteiger partial charge in [-0.3, -0.25) is 9.59 Å². The first kappa shape index (κ1) is 15.9. The molecule has 1 aromatic heterocycles. The van der Waals surface area contributed by atoms with Crippen molar-refractivity contribution in [1.29, 1.82) is 0 Å². The van der Waals surface area contributed by atoms with E-state index in [1.807, 2.05) is 29.2 Å². The number of anilines is 1.